The number of aromatic amines is 1. The number of ketones is 1. The molecule has 6 heteroatoms. The van der Waals surface area contributed by atoms with E-state index in [1.54, 1.807) is 6.08 Å². The van der Waals surface area contributed by atoms with Gasteiger partial charge in [-0.05, 0) is 29.5 Å². The van der Waals surface area contributed by atoms with E-state index >= 15 is 0 Å². The van der Waals surface area contributed by atoms with Gasteiger partial charge in [0, 0.05) is 6.54 Å². The van der Waals surface area contributed by atoms with Crippen molar-refractivity contribution in [1.29, 1.82) is 0 Å². The summed E-state index contributed by atoms with van der Waals surface area (Å²) in [4.78, 5) is 38.3. The number of nitrogens with zero attached hydrogens (tertiary/aromatic N) is 1. The molecule has 0 unspecified atom stereocenters. The predicted octanol–water partition coefficient (Wildman–Crippen LogP) is 3.06. The van der Waals surface area contributed by atoms with Crippen molar-refractivity contribution in [3.8, 4) is 5.88 Å². The number of aromatic nitrogens is 2. The summed E-state index contributed by atoms with van der Waals surface area (Å²) in [6.45, 7) is 6.36. The number of hydrogen-bond donors (Lipinski definition) is 2. The van der Waals surface area contributed by atoms with Crippen LogP contribution in [0.25, 0.3) is 6.08 Å². The van der Waals surface area contributed by atoms with Crippen molar-refractivity contribution in [2.24, 2.45) is 0 Å². The molecule has 0 atom stereocenters. The quantitative estimate of drug-likeness (QED) is 0.589. The Morgan fingerprint density at radius 3 is 2.46 bits per heavy atom. The fourth-order valence-corrected chi connectivity index (χ4v) is 2.55. The third-order valence-electron chi connectivity index (χ3n) is 4.18. The number of carbonyl (C=O) groups is 1. The Labute approximate surface area is 151 Å². The number of carbonyl (C=O) groups excluding carboxylic acids is 1. The molecule has 0 bridgehead atoms. The molecule has 1 aromatic heterocycles. The second-order valence-corrected chi connectivity index (χ2v) is 6.48. The van der Waals surface area contributed by atoms with Crippen LogP contribution in [0.3, 0.4) is 0 Å². The summed E-state index contributed by atoms with van der Waals surface area (Å²) in [6, 6.07) is 7.71. The Hall–Kier alpha value is -2.89. The third-order valence-corrected chi connectivity index (χ3v) is 4.18. The Bertz CT molecular complexity index is 918. The van der Waals surface area contributed by atoms with Gasteiger partial charge in [0.1, 0.15) is 5.56 Å². The van der Waals surface area contributed by atoms with Crippen LogP contribution >= 0.6 is 0 Å². The van der Waals surface area contributed by atoms with E-state index < -0.39 is 28.5 Å². The highest BCUT2D eigenvalue weighted by molar-refractivity contribution is 6.07. The fourth-order valence-electron chi connectivity index (χ4n) is 2.55. The topological polar surface area (TPSA) is 92.2 Å². The second-order valence-electron chi connectivity index (χ2n) is 6.48. The maximum absolute atomic E-state index is 12.4. The molecule has 0 aliphatic heterocycles. The van der Waals surface area contributed by atoms with Gasteiger partial charge < -0.3 is 5.11 Å². The summed E-state index contributed by atoms with van der Waals surface area (Å²) in [5.41, 5.74) is -0.0323. The molecular weight excluding hydrogens is 332 g/mol. The summed E-state index contributed by atoms with van der Waals surface area (Å²) in [7, 11) is 0. The number of H-pyrrole nitrogens is 1. The molecule has 0 aliphatic rings. The van der Waals surface area contributed by atoms with E-state index in [0.717, 1.165) is 16.6 Å². The van der Waals surface area contributed by atoms with Crippen LogP contribution in [0.15, 0.2) is 39.9 Å². The van der Waals surface area contributed by atoms with Gasteiger partial charge >= 0.3 is 5.69 Å². The van der Waals surface area contributed by atoms with Crippen LogP contribution in [0, 0.1) is 0 Å². The first-order valence-electron chi connectivity index (χ1n) is 8.73. The highest BCUT2D eigenvalue weighted by Gasteiger charge is 2.18. The molecule has 0 saturated heterocycles. The number of aromatic hydroxyl groups is 1. The van der Waals surface area contributed by atoms with Gasteiger partial charge in [-0.1, -0.05) is 57.5 Å². The molecule has 0 spiro atoms. The van der Waals surface area contributed by atoms with E-state index in [9.17, 15) is 19.5 Å². The third kappa shape index (κ3) is 4.39. The van der Waals surface area contributed by atoms with Gasteiger partial charge in [-0.25, -0.2) is 4.79 Å². The average molecular weight is 356 g/mol. The molecule has 1 aromatic carbocycles. The van der Waals surface area contributed by atoms with E-state index in [2.05, 4.69) is 18.8 Å². The first kappa shape index (κ1) is 19.4. The minimum Gasteiger partial charge on any atom is -0.494 e. The second kappa shape index (κ2) is 8.47. The first-order chi connectivity index (χ1) is 12.3. The minimum atomic E-state index is -0.884. The summed E-state index contributed by atoms with van der Waals surface area (Å²) >= 11 is 0. The summed E-state index contributed by atoms with van der Waals surface area (Å²) in [5, 5.41) is 10.2. The van der Waals surface area contributed by atoms with Gasteiger partial charge in [-0.3, -0.25) is 19.1 Å². The molecule has 6 nitrogen and oxygen atoms in total. The maximum Gasteiger partial charge on any atom is 0.331 e. The van der Waals surface area contributed by atoms with E-state index in [1.165, 1.54) is 11.6 Å². The highest BCUT2D eigenvalue weighted by Crippen LogP contribution is 2.16. The van der Waals surface area contributed by atoms with E-state index in [4.69, 9.17) is 0 Å². The van der Waals surface area contributed by atoms with Crippen LogP contribution in [-0.2, 0) is 6.54 Å². The molecule has 2 N–H and O–H groups in total. The first-order valence-corrected chi connectivity index (χ1v) is 8.73. The largest absolute Gasteiger partial charge is 0.494 e. The van der Waals surface area contributed by atoms with Crippen molar-refractivity contribution in [2.75, 3.05) is 0 Å². The summed E-state index contributed by atoms with van der Waals surface area (Å²) in [5.74, 6) is -0.826. The van der Waals surface area contributed by atoms with Crippen LogP contribution < -0.4 is 11.2 Å². The molecule has 0 fully saturated rings. The molecule has 2 rings (SSSR count). The molecular formula is C20H24N2O4. The zero-order valence-electron chi connectivity index (χ0n) is 15.3. The number of nitrogens with one attached hydrogen (secondary N) is 1. The van der Waals surface area contributed by atoms with Crippen LogP contribution in [0.2, 0.25) is 0 Å². The Morgan fingerprint density at radius 1 is 1.23 bits per heavy atom. The SMILES string of the molecule is CCCCn1c(O)c(C(=O)C=Cc2ccc(C(C)C)cc2)c(=O)[nH]c1=O. The lowest BCUT2D eigenvalue weighted by atomic mass is 10.0. The highest BCUT2D eigenvalue weighted by atomic mass is 16.3. The molecule has 1 heterocycles. The molecule has 0 amide bonds. The van der Waals surface area contributed by atoms with Crippen molar-refractivity contribution in [1.82, 2.24) is 9.55 Å². The van der Waals surface area contributed by atoms with Crippen molar-refractivity contribution in [3.05, 3.63) is 67.9 Å². The smallest absolute Gasteiger partial charge is 0.331 e. The van der Waals surface area contributed by atoms with Crippen molar-refractivity contribution < 1.29 is 9.90 Å². The lowest BCUT2D eigenvalue weighted by molar-refractivity contribution is 0.104. The Kier molecular flexibility index (Phi) is 6.33. The fraction of sp³-hybridized carbons (Fsp3) is 0.350. The van der Waals surface area contributed by atoms with Crippen molar-refractivity contribution in [2.45, 2.75) is 46.1 Å². The van der Waals surface area contributed by atoms with Crippen LogP contribution in [0.5, 0.6) is 5.88 Å². The zero-order valence-corrected chi connectivity index (χ0v) is 15.3. The minimum absolute atomic E-state index is 0.235. The number of benzene rings is 1. The number of allylic oxidation sites excluding steroid dienone is 1. The van der Waals surface area contributed by atoms with Crippen LogP contribution in [0.4, 0.5) is 0 Å². The van der Waals surface area contributed by atoms with Gasteiger partial charge in [0.05, 0.1) is 0 Å². The van der Waals surface area contributed by atoms with E-state index in [-0.39, 0.29) is 6.54 Å². The average Bonchev–Trinajstić information content (AvgIpc) is 2.59. The van der Waals surface area contributed by atoms with E-state index in [1.807, 2.05) is 31.2 Å². The van der Waals surface area contributed by atoms with Gasteiger partial charge in [0.25, 0.3) is 5.56 Å². The maximum atomic E-state index is 12.4. The van der Waals surface area contributed by atoms with Crippen LogP contribution in [0.1, 0.15) is 61.0 Å². The normalized spacial score (nSPS) is 11.4. The van der Waals surface area contributed by atoms with Gasteiger partial charge in [0.15, 0.2) is 5.78 Å². The molecule has 0 saturated carbocycles. The van der Waals surface area contributed by atoms with Gasteiger partial charge in [-0.15, -0.1) is 0 Å². The Balaban J connectivity index is 2.31. The van der Waals surface area contributed by atoms with Gasteiger partial charge in [-0.2, -0.15) is 0 Å². The van der Waals surface area contributed by atoms with Crippen molar-refractivity contribution in [3.63, 3.8) is 0 Å². The molecule has 0 aliphatic carbocycles. The summed E-state index contributed by atoms with van der Waals surface area (Å²) < 4.78 is 1.02. The van der Waals surface area contributed by atoms with Crippen molar-refractivity contribution >= 4 is 11.9 Å². The molecule has 138 valence electrons. The standard InChI is InChI=1S/C20H24N2O4/c1-4-5-12-22-19(25)17(18(24)21-20(22)26)16(23)11-8-14-6-9-15(10-7-14)13(2)3/h6-11,13,25H,4-5,12H2,1-3H3,(H,21,24,26). The monoisotopic (exact) mass is 356 g/mol. The lowest BCUT2D eigenvalue weighted by Gasteiger charge is -2.09. The number of hydrogen-bond acceptors (Lipinski definition) is 4. The zero-order chi connectivity index (χ0) is 19.3. The number of unbranched alkanes of at least 4 members (excludes halogenated alkanes) is 1. The Morgan fingerprint density at radius 2 is 1.88 bits per heavy atom. The molecule has 2 aromatic rings. The number of rotatable bonds is 7. The summed E-state index contributed by atoms with van der Waals surface area (Å²) in [6.07, 6.45) is 4.25. The van der Waals surface area contributed by atoms with Crippen LogP contribution in [-0.4, -0.2) is 20.4 Å². The lowest BCUT2D eigenvalue weighted by Crippen LogP contribution is -2.33. The van der Waals surface area contributed by atoms with E-state index in [0.29, 0.717) is 12.3 Å². The molecule has 0 radical (unpaired) electrons. The predicted molar refractivity (Wildman–Crippen MR) is 102 cm³/mol. The van der Waals surface area contributed by atoms with Gasteiger partial charge in [0.2, 0.25) is 5.88 Å². The molecule has 26 heavy (non-hydrogen) atoms.